The lowest BCUT2D eigenvalue weighted by Gasteiger charge is -2.16. The summed E-state index contributed by atoms with van der Waals surface area (Å²) in [5.41, 5.74) is 0.835. The SMILES string of the molecule is O=C(O)CSC1=C/C(=N\S(=O)(=O)c2cccs2)c2ccccc2C1=O. The summed E-state index contributed by atoms with van der Waals surface area (Å²) in [6, 6.07) is 9.59. The van der Waals surface area contributed by atoms with Crippen LogP contribution in [0.1, 0.15) is 15.9 Å². The normalized spacial score (nSPS) is 15.8. The van der Waals surface area contributed by atoms with Crippen molar-refractivity contribution in [3.8, 4) is 0 Å². The summed E-state index contributed by atoms with van der Waals surface area (Å²) in [6.45, 7) is 0. The number of rotatable bonds is 5. The molecule has 1 N–H and O–H groups in total. The largest absolute Gasteiger partial charge is 0.481 e. The molecule has 0 bridgehead atoms. The summed E-state index contributed by atoms with van der Waals surface area (Å²) in [6.07, 6.45) is 1.34. The number of carbonyl (C=O) groups excluding carboxylic acids is 1. The second-order valence-electron chi connectivity index (χ2n) is 4.95. The minimum Gasteiger partial charge on any atom is -0.481 e. The Morgan fingerprint density at radius 3 is 2.52 bits per heavy atom. The molecule has 1 aromatic carbocycles. The van der Waals surface area contributed by atoms with Gasteiger partial charge in [-0.2, -0.15) is 12.8 Å². The summed E-state index contributed by atoms with van der Waals surface area (Å²) in [4.78, 5) is 23.4. The van der Waals surface area contributed by atoms with E-state index in [1.807, 2.05) is 0 Å². The van der Waals surface area contributed by atoms with Crippen molar-refractivity contribution in [2.75, 3.05) is 5.75 Å². The molecule has 0 unspecified atom stereocenters. The van der Waals surface area contributed by atoms with Crippen molar-refractivity contribution in [3.05, 3.63) is 63.9 Å². The van der Waals surface area contributed by atoms with Crippen LogP contribution >= 0.6 is 23.1 Å². The van der Waals surface area contributed by atoms with E-state index in [-0.39, 0.29) is 26.4 Å². The molecule has 128 valence electrons. The number of allylic oxidation sites excluding steroid dienone is 2. The molecule has 0 radical (unpaired) electrons. The predicted octanol–water partition coefficient (Wildman–Crippen LogP) is 2.82. The molecule has 25 heavy (non-hydrogen) atoms. The molecule has 0 aliphatic heterocycles. The molecule has 1 aromatic heterocycles. The van der Waals surface area contributed by atoms with Crippen LogP contribution in [-0.4, -0.2) is 36.7 Å². The van der Waals surface area contributed by atoms with Crippen molar-refractivity contribution in [3.63, 3.8) is 0 Å². The van der Waals surface area contributed by atoms with Crippen molar-refractivity contribution < 1.29 is 23.1 Å². The number of carboxylic acid groups (broad SMARTS) is 1. The minimum atomic E-state index is -3.91. The summed E-state index contributed by atoms with van der Waals surface area (Å²) in [5.74, 6) is -1.71. The third kappa shape index (κ3) is 3.73. The van der Waals surface area contributed by atoms with E-state index in [2.05, 4.69) is 4.40 Å². The Morgan fingerprint density at radius 1 is 1.16 bits per heavy atom. The first-order valence-corrected chi connectivity index (χ1v) is 10.3. The number of hydrogen-bond donors (Lipinski definition) is 1. The van der Waals surface area contributed by atoms with Gasteiger partial charge in [0.25, 0.3) is 10.0 Å². The first-order chi connectivity index (χ1) is 11.9. The van der Waals surface area contributed by atoms with Crippen molar-refractivity contribution in [2.24, 2.45) is 4.40 Å². The van der Waals surface area contributed by atoms with Gasteiger partial charge in [0.1, 0.15) is 4.21 Å². The molecule has 2 aromatic rings. The number of ketones is 1. The van der Waals surface area contributed by atoms with Gasteiger partial charge in [0.15, 0.2) is 5.78 Å². The van der Waals surface area contributed by atoms with Gasteiger partial charge in [-0.25, -0.2) is 0 Å². The van der Waals surface area contributed by atoms with Gasteiger partial charge in [-0.3, -0.25) is 9.59 Å². The van der Waals surface area contributed by atoms with Crippen LogP contribution in [0.4, 0.5) is 0 Å². The van der Waals surface area contributed by atoms with Gasteiger partial charge in [0.05, 0.1) is 16.4 Å². The van der Waals surface area contributed by atoms with Crippen molar-refractivity contribution in [1.29, 1.82) is 0 Å². The topological polar surface area (TPSA) is 101 Å². The van der Waals surface area contributed by atoms with Crippen LogP contribution in [0.5, 0.6) is 0 Å². The fourth-order valence-corrected chi connectivity index (χ4v) is 4.89. The van der Waals surface area contributed by atoms with Gasteiger partial charge in [0.2, 0.25) is 0 Å². The number of carboxylic acids is 1. The van der Waals surface area contributed by atoms with E-state index >= 15 is 0 Å². The summed E-state index contributed by atoms with van der Waals surface area (Å²) in [7, 11) is -3.91. The molecule has 1 aliphatic rings. The zero-order chi connectivity index (χ0) is 18.0. The molecule has 6 nitrogen and oxygen atoms in total. The molecule has 1 aliphatic carbocycles. The third-order valence-corrected chi connectivity index (χ3v) is 6.93. The maximum atomic E-state index is 12.5. The Hall–Kier alpha value is -2.23. The molecule has 9 heteroatoms. The van der Waals surface area contributed by atoms with Gasteiger partial charge >= 0.3 is 5.97 Å². The van der Waals surface area contributed by atoms with Crippen LogP contribution in [0.15, 0.2) is 61.4 Å². The predicted molar refractivity (Wildman–Crippen MR) is 97.0 cm³/mol. The summed E-state index contributed by atoms with van der Waals surface area (Å²) in [5, 5.41) is 10.5. The number of carbonyl (C=O) groups is 2. The number of aliphatic carboxylic acids is 1. The lowest BCUT2D eigenvalue weighted by Crippen LogP contribution is -2.18. The van der Waals surface area contributed by atoms with Gasteiger partial charge in [0, 0.05) is 11.1 Å². The number of sulfonamides is 1. The molecular weight excluding hydrogens is 382 g/mol. The fraction of sp³-hybridized carbons (Fsp3) is 0.0625. The Bertz CT molecular complexity index is 1000. The molecule has 1 heterocycles. The fourth-order valence-electron chi connectivity index (χ4n) is 2.21. The van der Waals surface area contributed by atoms with E-state index in [0.717, 1.165) is 23.1 Å². The number of benzene rings is 1. The lowest BCUT2D eigenvalue weighted by atomic mass is 9.94. The Kier molecular flexibility index (Phi) is 4.89. The van der Waals surface area contributed by atoms with Crippen molar-refractivity contribution in [1.82, 2.24) is 0 Å². The van der Waals surface area contributed by atoms with Crippen molar-refractivity contribution in [2.45, 2.75) is 4.21 Å². The monoisotopic (exact) mass is 393 g/mol. The van der Waals surface area contributed by atoms with E-state index < -0.39 is 16.0 Å². The van der Waals surface area contributed by atoms with Crippen LogP contribution in [0.2, 0.25) is 0 Å². The number of hydrogen-bond acceptors (Lipinski definition) is 6. The van der Waals surface area contributed by atoms with Gasteiger partial charge in [-0.15, -0.1) is 23.1 Å². The molecule has 0 saturated carbocycles. The highest BCUT2D eigenvalue weighted by Crippen LogP contribution is 2.30. The smallest absolute Gasteiger partial charge is 0.313 e. The Morgan fingerprint density at radius 2 is 1.88 bits per heavy atom. The van der Waals surface area contributed by atoms with Crippen LogP contribution < -0.4 is 0 Å². The highest BCUT2D eigenvalue weighted by Gasteiger charge is 2.26. The highest BCUT2D eigenvalue weighted by atomic mass is 32.2. The third-order valence-electron chi connectivity index (χ3n) is 3.26. The summed E-state index contributed by atoms with van der Waals surface area (Å²) < 4.78 is 28.8. The van der Waals surface area contributed by atoms with Crippen LogP contribution in [-0.2, 0) is 14.8 Å². The highest BCUT2D eigenvalue weighted by molar-refractivity contribution is 8.04. The van der Waals surface area contributed by atoms with Crippen molar-refractivity contribution >= 4 is 50.6 Å². The van der Waals surface area contributed by atoms with Crippen LogP contribution in [0.25, 0.3) is 0 Å². The molecular formula is C16H11NO5S3. The van der Waals surface area contributed by atoms with Gasteiger partial charge < -0.3 is 5.11 Å². The average molecular weight is 393 g/mol. The number of thiophene rings is 1. The molecule has 0 spiro atoms. The quantitative estimate of drug-likeness (QED) is 0.838. The molecule has 0 amide bonds. The summed E-state index contributed by atoms with van der Waals surface area (Å²) >= 11 is 1.89. The van der Waals surface area contributed by atoms with Crippen LogP contribution in [0.3, 0.4) is 0 Å². The first kappa shape index (κ1) is 17.6. The second-order valence-corrected chi connectivity index (χ2v) is 8.75. The molecule has 3 rings (SSSR count). The van der Waals surface area contributed by atoms with Crippen LogP contribution in [0, 0.1) is 0 Å². The maximum absolute atomic E-state index is 12.5. The number of nitrogens with zero attached hydrogens (tertiary/aromatic N) is 1. The van der Waals surface area contributed by atoms with E-state index in [0.29, 0.717) is 11.1 Å². The first-order valence-electron chi connectivity index (χ1n) is 6.97. The van der Waals surface area contributed by atoms with Gasteiger partial charge in [-0.05, 0) is 17.5 Å². The standard InChI is InChI=1S/C16H11NO5S3/c18-14(19)9-24-13-8-12(10-4-1-2-5-11(10)16(13)20)17-25(21,22)15-6-3-7-23-15/h1-8H,9H2,(H,18,19)/b17-12+. The average Bonchev–Trinajstić information content (AvgIpc) is 3.11. The molecule has 0 saturated heterocycles. The van der Waals surface area contributed by atoms with E-state index in [4.69, 9.17) is 5.11 Å². The maximum Gasteiger partial charge on any atom is 0.313 e. The van der Waals surface area contributed by atoms with E-state index in [1.54, 1.807) is 35.7 Å². The van der Waals surface area contributed by atoms with E-state index in [9.17, 15) is 18.0 Å². The Balaban J connectivity index is 2.10. The van der Waals surface area contributed by atoms with Gasteiger partial charge in [-0.1, -0.05) is 30.3 Å². The Labute approximate surface area is 152 Å². The second kappa shape index (κ2) is 6.95. The minimum absolute atomic E-state index is 0.0996. The van der Waals surface area contributed by atoms with E-state index in [1.165, 1.54) is 12.1 Å². The molecule has 0 fully saturated rings. The zero-order valence-corrected chi connectivity index (χ0v) is 15.0. The number of fused-ring (bicyclic) bond motifs is 1. The molecule has 0 atom stereocenters. The zero-order valence-electron chi connectivity index (χ0n) is 12.6. The number of thioether (sulfide) groups is 1. The number of Topliss-reactive ketones (excluding diaryl/α,β-unsaturated/α-hetero) is 1. The lowest BCUT2D eigenvalue weighted by molar-refractivity contribution is -0.133.